The van der Waals surface area contributed by atoms with Crippen LogP contribution in [0, 0.1) is 5.41 Å². The molecule has 3 rings (SSSR count). The molecule has 1 atom stereocenters. The van der Waals surface area contributed by atoms with Gasteiger partial charge in [0.1, 0.15) is 0 Å². The zero-order chi connectivity index (χ0) is 13.1. The topological polar surface area (TPSA) is 31.4 Å². The van der Waals surface area contributed by atoms with Crippen LogP contribution in [0.2, 0.25) is 0 Å². The van der Waals surface area contributed by atoms with Crippen LogP contribution in [0.3, 0.4) is 0 Å². The number of halogens is 1. The Labute approximate surface area is 132 Å². The van der Waals surface area contributed by atoms with Crippen molar-refractivity contribution in [1.82, 2.24) is 15.2 Å². The first kappa shape index (κ1) is 16.0. The quantitative estimate of drug-likeness (QED) is 0.925. The zero-order valence-electron chi connectivity index (χ0n) is 12.2. The lowest BCUT2D eigenvalue weighted by atomic mass is 9.89. The van der Waals surface area contributed by atoms with E-state index in [2.05, 4.69) is 32.4 Å². The SMILES string of the molecule is CC1(CN2CCCN(c3nccs3)CC2)CCNC1.Cl. The number of aromatic nitrogens is 1. The van der Waals surface area contributed by atoms with Gasteiger partial charge in [-0.1, -0.05) is 6.92 Å². The molecule has 4 nitrogen and oxygen atoms in total. The molecule has 0 bridgehead atoms. The van der Waals surface area contributed by atoms with Gasteiger partial charge in [-0.15, -0.1) is 23.7 Å². The summed E-state index contributed by atoms with van der Waals surface area (Å²) in [4.78, 5) is 9.54. The Morgan fingerprint density at radius 3 is 2.95 bits per heavy atom. The summed E-state index contributed by atoms with van der Waals surface area (Å²) in [6.45, 7) is 10.7. The number of nitrogens with zero attached hydrogens (tertiary/aromatic N) is 3. The van der Waals surface area contributed by atoms with Gasteiger partial charge >= 0.3 is 0 Å². The van der Waals surface area contributed by atoms with E-state index in [-0.39, 0.29) is 12.4 Å². The molecule has 3 heterocycles. The van der Waals surface area contributed by atoms with Gasteiger partial charge in [0.2, 0.25) is 0 Å². The average molecular weight is 317 g/mol. The Morgan fingerprint density at radius 1 is 1.35 bits per heavy atom. The van der Waals surface area contributed by atoms with Crippen LogP contribution in [0.15, 0.2) is 11.6 Å². The highest BCUT2D eigenvalue weighted by Crippen LogP contribution is 2.26. The van der Waals surface area contributed by atoms with Crippen LogP contribution < -0.4 is 10.2 Å². The van der Waals surface area contributed by atoms with Gasteiger partial charge in [-0.2, -0.15) is 0 Å². The summed E-state index contributed by atoms with van der Waals surface area (Å²) in [7, 11) is 0. The Hall–Kier alpha value is -0.360. The maximum Gasteiger partial charge on any atom is 0.185 e. The van der Waals surface area contributed by atoms with Gasteiger partial charge in [-0.3, -0.25) is 0 Å². The van der Waals surface area contributed by atoms with E-state index in [0.29, 0.717) is 5.41 Å². The molecule has 2 aliphatic rings. The number of rotatable bonds is 3. The van der Waals surface area contributed by atoms with Crippen LogP contribution in [0.25, 0.3) is 0 Å². The first-order valence-corrected chi connectivity index (χ1v) is 8.21. The first-order valence-electron chi connectivity index (χ1n) is 7.33. The lowest BCUT2D eigenvalue weighted by Crippen LogP contribution is -2.39. The molecule has 1 unspecified atom stereocenters. The molecule has 0 spiro atoms. The lowest BCUT2D eigenvalue weighted by molar-refractivity contribution is 0.187. The average Bonchev–Trinajstić information content (AvgIpc) is 3.00. The molecule has 6 heteroatoms. The van der Waals surface area contributed by atoms with E-state index < -0.39 is 0 Å². The summed E-state index contributed by atoms with van der Waals surface area (Å²) in [6.07, 6.45) is 4.48. The molecule has 0 radical (unpaired) electrons. The molecule has 2 aliphatic heterocycles. The van der Waals surface area contributed by atoms with Crippen LogP contribution in [-0.4, -0.2) is 55.7 Å². The molecule has 1 aromatic heterocycles. The minimum absolute atomic E-state index is 0. The molecule has 0 aliphatic carbocycles. The van der Waals surface area contributed by atoms with E-state index in [1.807, 2.05) is 6.20 Å². The maximum atomic E-state index is 4.44. The van der Waals surface area contributed by atoms with Gasteiger partial charge in [0, 0.05) is 44.3 Å². The second-order valence-corrected chi connectivity index (χ2v) is 7.04. The second kappa shape index (κ2) is 7.07. The molecule has 20 heavy (non-hydrogen) atoms. The number of anilines is 1. The maximum absolute atomic E-state index is 4.44. The minimum Gasteiger partial charge on any atom is -0.347 e. The third kappa shape index (κ3) is 3.85. The van der Waals surface area contributed by atoms with E-state index in [9.17, 15) is 0 Å². The van der Waals surface area contributed by atoms with E-state index in [0.717, 1.165) is 13.1 Å². The third-order valence-corrected chi connectivity index (χ3v) is 5.17. The standard InChI is InChI=1S/C14H24N4S.ClH/c1-14(3-4-15-11-14)12-17-6-2-7-18(9-8-17)13-16-5-10-19-13;/h5,10,15H,2-4,6-9,11-12H2,1H3;1H. The van der Waals surface area contributed by atoms with Gasteiger partial charge in [-0.25, -0.2) is 4.98 Å². The monoisotopic (exact) mass is 316 g/mol. The van der Waals surface area contributed by atoms with E-state index in [1.165, 1.54) is 50.7 Å². The van der Waals surface area contributed by atoms with Gasteiger partial charge < -0.3 is 15.1 Å². The summed E-state index contributed by atoms with van der Waals surface area (Å²) in [5, 5.41) is 6.77. The number of thiazole rings is 1. The summed E-state index contributed by atoms with van der Waals surface area (Å²) < 4.78 is 0. The molecule has 2 fully saturated rings. The van der Waals surface area contributed by atoms with Crippen molar-refractivity contribution in [1.29, 1.82) is 0 Å². The fourth-order valence-electron chi connectivity index (χ4n) is 3.24. The summed E-state index contributed by atoms with van der Waals surface area (Å²) in [6, 6.07) is 0. The number of nitrogens with one attached hydrogen (secondary N) is 1. The van der Waals surface area contributed by atoms with Gasteiger partial charge in [0.15, 0.2) is 5.13 Å². The van der Waals surface area contributed by atoms with Crippen molar-refractivity contribution in [3.05, 3.63) is 11.6 Å². The van der Waals surface area contributed by atoms with Crippen molar-refractivity contribution in [2.45, 2.75) is 19.8 Å². The van der Waals surface area contributed by atoms with Crippen LogP contribution >= 0.6 is 23.7 Å². The highest BCUT2D eigenvalue weighted by molar-refractivity contribution is 7.13. The summed E-state index contributed by atoms with van der Waals surface area (Å²) in [5.41, 5.74) is 0.482. The van der Waals surface area contributed by atoms with Crippen molar-refractivity contribution in [2.75, 3.05) is 50.7 Å². The normalized spacial score (nSPS) is 28.1. The largest absolute Gasteiger partial charge is 0.347 e. The van der Waals surface area contributed by atoms with E-state index >= 15 is 0 Å². The predicted octanol–water partition coefficient (Wildman–Crippen LogP) is 2.08. The fraction of sp³-hybridized carbons (Fsp3) is 0.786. The van der Waals surface area contributed by atoms with Crippen molar-refractivity contribution >= 4 is 28.9 Å². The summed E-state index contributed by atoms with van der Waals surface area (Å²) >= 11 is 1.76. The van der Waals surface area contributed by atoms with Crippen molar-refractivity contribution in [3.63, 3.8) is 0 Å². The Balaban J connectivity index is 0.00000147. The highest BCUT2D eigenvalue weighted by atomic mass is 35.5. The third-order valence-electron chi connectivity index (χ3n) is 4.34. The molecular formula is C14H25ClN4S. The highest BCUT2D eigenvalue weighted by Gasteiger charge is 2.31. The van der Waals surface area contributed by atoms with E-state index in [1.54, 1.807) is 11.3 Å². The second-order valence-electron chi connectivity index (χ2n) is 6.17. The number of hydrogen-bond acceptors (Lipinski definition) is 5. The van der Waals surface area contributed by atoms with Crippen LogP contribution in [0.4, 0.5) is 5.13 Å². The van der Waals surface area contributed by atoms with Crippen molar-refractivity contribution in [3.8, 4) is 0 Å². The van der Waals surface area contributed by atoms with Crippen LogP contribution in [0.1, 0.15) is 19.8 Å². The van der Waals surface area contributed by atoms with Crippen LogP contribution in [0.5, 0.6) is 0 Å². The van der Waals surface area contributed by atoms with Crippen molar-refractivity contribution < 1.29 is 0 Å². The van der Waals surface area contributed by atoms with Crippen molar-refractivity contribution in [2.24, 2.45) is 5.41 Å². The molecule has 0 saturated carbocycles. The molecular weight excluding hydrogens is 292 g/mol. The van der Waals surface area contributed by atoms with Gasteiger partial charge in [-0.05, 0) is 31.3 Å². The molecule has 1 N–H and O–H groups in total. The van der Waals surface area contributed by atoms with Gasteiger partial charge in [0.25, 0.3) is 0 Å². The molecule has 0 aromatic carbocycles. The Bertz CT molecular complexity index is 392. The smallest absolute Gasteiger partial charge is 0.185 e. The molecule has 114 valence electrons. The Kier molecular flexibility index (Phi) is 5.66. The van der Waals surface area contributed by atoms with E-state index in [4.69, 9.17) is 0 Å². The molecule has 2 saturated heterocycles. The van der Waals surface area contributed by atoms with Crippen LogP contribution in [-0.2, 0) is 0 Å². The van der Waals surface area contributed by atoms with Gasteiger partial charge in [0.05, 0.1) is 0 Å². The zero-order valence-corrected chi connectivity index (χ0v) is 13.8. The number of hydrogen-bond donors (Lipinski definition) is 1. The first-order chi connectivity index (χ1) is 9.25. The predicted molar refractivity (Wildman–Crippen MR) is 88.2 cm³/mol. The fourth-order valence-corrected chi connectivity index (χ4v) is 3.93. The Morgan fingerprint density at radius 2 is 2.25 bits per heavy atom. The molecule has 1 aromatic rings. The molecule has 0 amide bonds. The lowest BCUT2D eigenvalue weighted by Gasteiger charge is -2.31. The minimum atomic E-state index is 0. The summed E-state index contributed by atoms with van der Waals surface area (Å²) in [5.74, 6) is 0.